The van der Waals surface area contributed by atoms with Crippen LogP contribution in [0.4, 0.5) is 10.8 Å². The zero-order valence-electron chi connectivity index (χ0n) is 14.3. The first kappa shape index (κ1) is 17.7. The van der Waals surface area contributed by atoms with Gasteiger partial charge in [0, 0.05) is 11.8 Å². The normalized spacial score (nSPS) is 13.4. The number of nitrogens with zero attached hydrogens (tertiary/aromatic N) is 2. The fourth-order valence-corrected chi connectivity index (χ4v) is 4.22. The van der Waals surface area contributed by atoms with Gasteiger partial charge >= 0.3 is 0 Å². The van der Waals surface area contributed by atoms with Crippen LogP contribution in [-0.4, -0.2) is 28.1 Å². The Kier molecular flexibility index (Phi) is 5.16. The molecule has 1 atom stereocenters. The van der Waals surface area contributed by atoms with Crippen LogP contribution in [0.1, 0.15) is 12.7 Å². The van der Waals surface area contributed by atoms with Crippen molar-refractivity contribution in [2.45, 2.75) is 23.1 Å². The molecule has 1 aliphatic rings. The standard InChI is InChI=1S/C17H16N4O4S2/c1-10(15(22)19-11-4-5-13-14(7-11)25-9-24-13)26-17-21-20-16(27-17)18-8-12-3-2-6-23-12/h2-7,10H,8-9H2,1H3,(H,18,20)(H,19,22). The van der Waals surface area contributed by atoms with Gasteiger partial charge in [-0.05, 0) is 31.2 Å². The van der Waals surface area contributed by atoms with Crippen LogP contribution in [0, 0.1) is 0 Å². The van der Waals surface area contributed by atoms with Gasteiger partial charge in [-0.2, -0.15) is 0 Å². The lowest BCUT2D eigenvalue weighted by atomic mass is 10.2. The van der Waals surface area contributed by atoms with E-state index in [1.807, 2.05) is 19.1 Å². The molecule has 0 saturated heterocycles. The second kappa shape index (κ2) is 7.89. The van der Waals surface area contributed by atoms with Gasteiger partial charge in [-0.15, -0.1) is 10.2 Å². The molecule has 0 aliphatic carbocycles. The van der Waals surface area contributed by atoms with Crippen molar-refractivity contribution >= 4 is 39.8 Å². The van der Waals surface area contributed by atoms with E-state index in [1.165, 1.54) is 23.1 Å². The number of fused-ring (bicyclic) bond motifs is 1. The summed E-state index contributed by atoms with van der Waals surface area (Å²) < 4.78 is 16.6. The van der Waals surface area contributed by atoms with E-state index >= 15 is 0 Å². The van der Waals surface area contributed by atoms with E-state index in [4.69, 9.17) is 13.9 Å². The summed E-state index contributed by atoms with van der Waals surface area (Å²) in [5.74, 6) is 2.00. The molecule has 1 aliphatic heterocycles. The highest BCUT2D eigenvalue weighted by Gasteiger charge is 2.19. The Morgan fingerprint density at radius 1 is 1.30 bits per heavy atom. The van der Waals surface area contributed by atoms with Crippen LogP contribution in [0.3, 0.4) is 0 Å². The molecule has 10 heteroatoms. The van der Waals surface area contributed by atoms with Gasteiger partial charge in [0.2, 0.25) is 17.8 Å². The molecule has 0 saturated carbocycles. The third-order valence-electron chi connectivity index (χ3n) is 3.69. The van der Waals surface area contributed by atoms with Crippen molar-refractivity contribution in [3.8, 4) is 11.5 Å². The summed E-state index contributed by atoms with van der Waals surface area (Å²) in [4.78, 5) is 12.4. The van der Waals surface area contributed by atoms with E-state index in [0.29, 0.717) is 33.2 Å². The Morgan fingerprint density at radius 3 is 3.04 bits per heavy atom. The first-order valence-electron chi connectivity index (χ1n) is 8.14. The molecule has 1 amide bonds. The van der Waals surface area contributed by atoms with Crippen molar-refractivity contribution in [3.05, 3.63) is 42.4 Å². The molecule has 8 nitrogen and oxygen atoms in total. The van der Waals surface area contributed by atoms with Gasteiger partial charge in [0.15, 0.2) is 15.8 Å². The van der Waals surface area contributed by atoms with Gasteiger partial charge in [0.05, 0.1) is 18.1 Å². The minimum Gasteiger partial charge on any atom is -0.467 e. The van der Waals surface area contributed by atoms with Gasteiger partial charge < -0.3 is 24.5 Å². The number of nitrogens with one attached hydrogen (secondary N) is 2. The highest BCUT2D eigenvalue weighted by Crippen LogP contribution is 2.35. The van der Waals surface area contributed by atoms with E-state index in [9.17, 15) is 4.79 Å². The van der Waals surface area contributed by atoms with E-state index in [0.717, 1.165) is 5.76 Å². The maximum atomic E-state index is 12.4. The maximum Gasteiger partial charge on any atom is 0.237 e. The molecule has 0 bridgehead atoms. The number of hydrogen-bond donors (Lipinski definition) is 2. The van der Waals surface area contributed by atoms with Crippen molar-refractivity contribution < 1.29 is 18.7 Å². The zero-order valence-corrected chi connectivity index (χ0v) is 15.9. The first-order chi connectivity index (χ1) is 13.2. The number of ether oxygens (including phenoxy) is 2. The Labute approximate surface area is 163 Å². The summed E-state index contributed by atoms with van der Waals surface area (Å²) in [6.45, 7) is 2.56. The van der Waals surface area contributed by atoms with Crippen LogP contribution in [0.2, 0.25) is 0 Å². The van der Waals surface area contributed by atoms with Crippen molar-refractivity contribution in [1.82, 2.24) is 10.2 Å². The fourth-order valence-electron chi connectivity index (χ4n) is 2.33. The second-order valence-corrected chi connectivity index (χ2v) is 8.19. The number of carbonyl (C=O) groups excluding carboxylic acids is 1. The molecule has 3 aromatic rings. The minimum atomic E-state index is -0.332. The third kappa shape index (κ3) is 4.34. The number of carbonyl (C=O) groups is 1. The highest BCUT2D eigenvalue weighted by atomic mass is 32.2. The van der Waals surface area contributed by atoms with Gasteiger partial charge in [-0.3, -0.25) is 4.79 Å². The average Bonchev–Trinajstić information content (AvgIpc) is 3.41. The van der Waals surface area contributed by atoms with Crippen molar-refractivity contribution in [2.75, 3.05) is 17.4 Å². The number of amides is 1. The smallest absolute Gasteiger partial charge is 0.237 e. The van der Waals surface area contributed by atoms with Crippen LogP contribution >= 0.6 is 23.1 Å². The quantitative estimate of drug-likeness (QED) is 0.577. The third-order valence-corrected chi connectivity index (χ3v) is 5.75. The van der Waals surface area contributed by atoms with Gasteiger partial charge in [0.1, 0.15) is 5.76 Å². The SMILES string of the molecule is CC(Sc1nnc(NCc2ccco2)s1)C(=O)Nc1ccc2c(c1)OCO2. The maximum absolute atomic E-state index is 12.4. The first-order valence-corrected chi connectivity index (χ1v) is 9.84. The van der Waals surface area contributed by atoms with E-state index in [-0.39, 0.29) is 18.0 Å². The molecule has 1 aromatic carbocycles. The van der Waals surface area contributed by atoms with E-state index in [1.54, 1.807) is 24.5 Å². The summed E-state index contributed by atoms with van der Waals surface area (Å²) in [5, 5.41) is 14.6. The zero-order chi connectivity index (χ0) is 18.6. The molecule has 2 N–H and O–H groups in total. The van der Waals surface area contributed by atoms with Gasteiger partial charge in [-0.1, -0.05) is 23.1 Å². The molecular formula is C17H16N4O4S2. The largest absolute Gasteiger partial charge is 0.467 e. The lowest BCUT2D eigenvalue weighted by molar-refractivity contribution is -0.115. The van der Waals surface area contributed by atoms with Crippen LogP contribution in [0.25, 0.3) is 0 Å². The number of furan rings is 1. The average molecular weight is 404 g/mol. The summed E-state index contributed by atoms with van der Waals surface area (Å²) in [5.41, 5.74) is 0.662. The summed E-state index contributed by atoms with van der Waals surface area (Å²) in [6, 6.07) is 9.02. The molecule has 0 spiro atoms. The van der Waals surface area contributed by atoms with E-state index < -0.39 is 0 Å². The van der Waals surface area contributed by atoms with Crippen molar-refractivity contribution in [1.29, 1.82) is 0 Å². The predicted octanol–water partition coefficient (Wildman–Crippen LogP) is 3.59. The predicted molar refractivity (Wildman–Crippen MR) is 102 cm³/mol. The van der Waals surface area contributed by atoms with Crippen molar-refractivity contribution in [3.63, 3.8) is 0 Å². The van der Waals surface area contributed by atoms with E-state index in [2.05, 4.69) is 20.8 Å². The fraction of sp³-hybridized carbons (Fsp3) is 0.235. The molecule has 0 fully saturated rings. The minimum absolute atomic E-state index is 0.126. The van der Waals surface area contributed by atoms with Crippen LogP contribution in [0.5, 0.6) is 11.5 Å². The summed E-state index contributed by atoms with van der Waals surface area (Å²) in [6.07, 6.45) is 1.62. The number of rotatable bonds is 7. The molecule has 4 rings (SSSR count). The summed E-state index contributed by atoms with van der Waals surface area (Å²) in [7, 11) is 0. The lowest BCUT2D eigenvalue weighted by Gasteiger charge is -2.10. The molecule has 140 valence electrons. The number of aromatic nitrogens is 2. The monoisotopic (exact) mass is 404 g/mol. The highest BCUT2D eigenvalue weighted by molar-refractivity contribution is 8.02. The Morgan fingerprint density at radius 2 is 2.19 bits per heavy atom. The van der Waals surface area contributed by atoms with Gasteiger partial charge in [-0.25, -0.2) is 0 Å². The Bertz CT molecular complexity index is 929. The number of hydrogen-bond acceptors (Lipinski definition) is 9. The molecule has 3 heterocycles. The van der Waals surface area contributed by atoms with Gasteiger partial charge in [0.25, 0.3) is 0 Å². The second-order valence-electron chi connectivity index (χ2n) is 5.62. The number of thioether (sulfide) groups is 1. The lowest BCUT2D eigenvalue weighted by Crippen LogP contribution is -2.22. The molecular weight excluding hydrogens is 388 g/mol. The molecule has 1 unspecified atom stereocenters. The van der Waals surface area contributed by atoms with Crippen LogP contribution in [0.15, 0.2) is 45.4 Å². The Balaban J connectivity index is 1.30. The summed E-state index contributed by atoms with van der Waals surface area (Å²) >= 11 is 2.75. The molecule has 27 heavy (non-hydrogen) atoms. The number of anilines is 2. The number of benzene rings is 1. The van der Waals surface area contributed by atoms with Crippen molar-refractivity contribution in [2.24, 2.45) is 0 Å². The van der Waals surface area contributed by atoms with Crippen LogP contribution in [-0.2, 0) is 11.3 Å². The Hall–Kier alpha value is -2.72. The molecule has 0 radical (unpaired) electrons. The topological polar surface area (TPSA) is 98.5 Å². The molecule has 2 aromatic heterocycles. The van der Waals surface area contributed by atoms with Crippen LogP contribution < -0.4 is 20.1 Å².